The molecule has 1 aliphatic heterocycles. The molecule has 8 heavy (non-hydrogen) atoms. The highest BCUT2D eigenvalue weighted by molar-refractivity contribution is 5.94. The molecule has 0 N–H and O–H groups in total. The van der Waals surface area contributed by atoms with Crippen LogP contribution in [0.1, 0.15) is 12.8 Å². The second-order valence-corrected chi connectivity index (χ2v) is 3.22. The summed E-state index contributed by atoms with van der Waals surface area (Å²) in [5.74, 6) is 3.16. The van der Waals surface area contributed by atoms with E-state index in [0.29, 0.717) is 0 Å². The summed E-state index contributed by atoms with van der Waals surface area (Å²) in [5.41, 5.74) is 1.57. The molecule has 0 spiro atoms. The van der Waals surface area contributed by atoms with Gasteiger partial charge in [0.25, 0.3) is 0 Å². The third kappa shape index (κ3) is 0.221. The van der Waals surface area contributed by atoms with E-state index in [-0.39, 0.29) is 0 Å². The Morgan fingerprint density at radius 3 is 3.00 bits per heavy atom. The number of hydrogen-bond donors (Lipinski definition) is 0. The van der Waals surface area contributed by atoms with Crippen LogP contribution in [0.15, 0.2) is 4.99 Å². The minimum Gasteiger partial charge on any atom is -0.293 e. The summed E-state index contributed by atoms with van der Waals surface area (Å²) in [6.07, 6.45) is 2.81. The molecule has 2 fully saturated rings. The molecule has 1 heteroatoms. The van der Waals surface area contributed by atoms with Crippen molar-refractivity contribution in [3.63, 3.8) is 0 Å². The van der Waals surface area contributed by atoms with Gasteiger partial charge in [-0.1, -0.05) is 0 Å². The number of nitrogens with zero attached hydrogens (tertiary/aromatic N) is 1. The van der Waals surface area contributed by atoms with E-state index in [0.717, 1.165) is 17.8 Å². The van der Waals surface area contributed by atoms with Gasteiger partial charge in [0.1, 0.15) is 0 Å². The molecular weight excluding hydrogens is 98.1 g/mol. The molecule has 0 aromatic heterocycles. The van der Waals surface area contributed by atoms with Crippen LogP contribution < -0.4 is 0 Å². The van der Waals surface area contributed by atoms with E-state index in [2.05, 4.69) is 4.99 Å². The van der Waals surface area contributed by atoms with Gasteiger partial charge in [0.05, 0.1) is 0 Å². The Bertz CT molecular complexity index is 171. The Morgan fingerprint density at radius 1 is 1.38 bits per heavy atom. The van der Waals surface area contributed by atoms with Gasteiger partial charge in [-0.2, -0.15) is 0 Å². The van der Waals surface area contributed by atoms with Crippen LogP contribution in [0.4, 0.5) is 0 Å². The Labute approximate surface area is 48.8 Å². The molecule has 3 unspecified atom stereocenters. The van der Waals surface area contributed by atoms with E-state index >= 15 is 0 Å². The largest absolute Gasteiger partial charge is 0.293 e. The van der Waals surface area contributed by atoms with Crippen LogP contribution in [0, 0.1) is 17.8 Å². The van der Waals surface area contributed by atoms with Crippen LogP contribution in [0.3, 0.4) is 0 Å². The van der Waals surface area contributed by atoms with Crippen molar-refractivity contribution in [2.24, 2.45) is 22.7 Å². The zero-order valence-corrected chi connectivity index (χ0v) is 4.80. The molecule has 42 valence electrons. The van der Waals surface area contributed by atoms with Crippen molar-refractivity contribution in [3.05, 3.63) is 0 Å². The number of hydrogen-bond acceptors (Lipinski definition) is 1. The molecule has 2 saturated carbocycles. The summed E-state index contributed by atoms with van der Waals surface area (Å²) < 4.78 is 0. The van der Waals surface area contributed by atoms with E-state index in [1.54, 1.807) is 5.71 Å². The Balaban J connectivity index is 2.15. The molecule has 0 radical (unpaired) electrons. The fourth-order valence-electron chi connectivity index (χ4n) is 2.47. The van der Waals surface area contributed by atoms with Crippen molar-refractivity contribution >= 4 is 5.71 Å². The van der Waals surface area contributed by atoms with Crippen molar-refractivity contribution in [2.75, 3.05) is 6.54 Å². The number of fused-ring (bicyclic) bond motifs is 1. The van der Waals surface area contributed by atoms with Gasteiger partial charge in [-0.25, -0.2) is 0 Å². The molecule has 0 amide bonds. The molecule has 0 saturated heterocycles. The normalized spacial score (nSPS) is 56.0. The van der Waals surface area contributed by atoms with Gasteiger partial charge >= 0.3 is 0 Å². The highest BCUT2D eigenvalue weighted by Crippen LogP contribution is 2.59. The summed E-state index contributed by atoms with van der Waals surface area (Å²) in [6.45, 7) is 1.19. The van der Waals surface area contributed by atoms with Gasteiger partial charge in [-0.3, -0.25) is 4.99 Å². The average Bonchev–Trinajstić information content (AvgIpc) is 2.11. The molecule has 3 aliphatic rings. The minimum atomic E-state index is 1.01. The molecule has 0 bridgehead atoms. The third-order valence-corrected chi connectivity index (χ3v) is 2.96. The SMILES string of the molecule is C1CC2C3CN=C1C23. The molecule has 0 aromatic carbocycles. The summed E-state index contributed by atoms with van der Waals surface area (Å²) in [7, 11) is 0. The van der Waals surface area contributed by atoms with E-state index in [1.807, 2.05) is 0 Å². The maximum atomic E-state index is 4.44. The Morgan fingerprint density at radius 2 is 2.38 bits per heavy atom. The zero-order valence-electron chi connectivity index (χ0n) is 4.80. The summed E-state index contributed by atoms with van der Waals surface area (Å²) in [4.78, 5) is 4.44. The highest BCUT2D eigenvalue weighted by Gasteiger charge is 2.58. The molecule has 1 nitrogen and oxygen atoms in total. The topological polar surface area (TPSA) is 12.4 Å². The molecule has 3 atom stereocenters. The first-order valence-electron chi connectivity index (χ1n) is 3.50. The summed E-state index contributed by atoms with van der Waals surface area (Å²) in [6, 6.07) is 0. The minimum absolute atomic E-state index is 1.01. The monoisotopic (exact) mass is 107 g/mol. The number of rotatable bonds is 0. The average molecular weight is 107 g/mol. The van der Waals surface area contributed by atoms with Gasteiger partial charge in [0, 0.05) is 18.2 Å². The lowest BCUT2D eigenvalue weighted by Crippen LogP contribution is -1.90. The molecule has 1 heterocycles. The van der Waals surface area contributed by atoms with Crippen LogP contribution in [0.25, 0.3) is 0 Å². The van der Waals surface area contributed by atoms with Gasteiger partial charge in [-0.15, -0.1) is 0 Å². The third-order valence-electron chi connectivity index (χ3n) is 2.96. The lowest BCUT2D eigenvalue weighted by molar-refractivity contribution is 0.692. The fraction of sp³-hybridized carbons (Fsp3) is 0.857. The highest BCUT2D eigenvalue weighted by atomic mass is 14.9. The Kier molecular flexibility index (Phi) is 0.398. The summed E-state index contributed by atoms with van der Waals surface area (Å²) >= 11 is 0. The predicted octanol–water partition coefficient (Wildman–Crippen LogP) is 1.10. The summed E-state index contributed by atoms with van der Waals surface area (Å²) in [5, 5.41) is 0. The van der Waals surface area contributed by atoms with Crippen LogP contribution in [-0.2, 0) is 0 Å². The van der Waals surface area contributed by atoms with E-state index in [1.165, 1.54) is 19.4 Å². The second kappa shape index (κ2) is 0.873. The van der Waals surface area contributed by atoms with Crippen molar-refractivity contribution in [1.82, 2.24) is 0 Å². The first-order valence-corrected chi connectivity index (χ1v) is 3.50. The first-order chi connectivity index (χ1) is 3.97. The van der Waals surface area contributed by atoms with Crippen molar-refractivity contribution in [3.8, 4) is 0 Å². The van der Waals surface area contributed by atoms with E-state index in [9.17, 15) is 0 Å². The smallest absolute Gasteiger partial charge is 0.0426 e. The van der Waals surface area contributed by atoms with Crippen molar-refractivity contribution < 1.29 is 0 Å². The quantitative estimate of drug-likeness (QED) is 0.439. The Hall–Kier alpha value is -0.330. The molecule has 3 rings (SSSR count). The first kappa shape index (κ1) is 3.65. The van der Waals surface area contributed by atoms with Crippen LogP contribution in [0.5, 0.6) is 0 Å². The van der Waals surface area contributed by atoms with Gasteiger partial charge in [0.2, 0.25) is 0 Å². The lowest BCUT2D eigenvalue weighted by Gasteiger charge is -1.86. The maximum Gasteiger partial charge on any atom is 0.0426 e. The van der Waals surface area contributed by atoms with Gasteiger partial charge < -0.3 is 0 Å². The van der Waals surface area contributed by atoms with Crippen molar-refractivity contribution in [2.45, 2.75) is 12.8 Å². The molecular formula is C7H9N. The van der Waals surface area contributed by atoms with Gasteiger partial charge in [0.15, 0.2) is 0 Å². The number of aliphatic imine (C=N–C) groups is 1. The lowest BCUT2D eigenvalue weighted by atomic mass is 10.2. The van der Waals surface area contributed by atoms with Crippen LogP contribution >= 0.6 is 0 Å². The fourth-order valence-corrected chi connectivity index (χ4v) is 2.47. The maximum absolute atomic E-state index is 4.44. The molecule has 2 aliphatic carbocycles. The van der Waals surface area contributed by atoms with Crippen molar-refractivity contribution in [1.29, 1.82) is 0 Å². The molecule has 0 aromatic rings. The van der Waals surface area contributed by atoms with Crippen LogP contribution in [-0.4, -0.2) is 12.3 Å². The zero-order chi connectivity index (χ0) is 5.14. The van der Waals surface area contributed by atoms with Crippen LogP contribution in [0.2, 0.25) is 0 Å². The van der Waals surface area contributed by atoms with Gasteiger partial charge in [-0.05, 0) is 24.7 Å². The van der Waals surface area contributed by atoms with E-state index < -0.39 is 0 Å². The standard InChI is InChI=1S/C7H9N/c1-2-6-7-4(1)5(7)3-8-6/h4-5,7H,1-3H2. The predicted molar refractivity (Wildman–Crippen MR) is 32.0 cm³/mol. The van der Waals surface area contributed by atoms with E-state index in [4.69, 9.17) is 0 Å². The second-order valence-electron chi connectivity index (χ2n) is 3.22.